The molecule has 0 fully saturated rings. The third-order valence-electron chi connectivity index (χ3n) is 4.14. The van der Waals surface area contributed by atoms with E-state index in [-0.39, 0.29) is 0 Å². The molecule has 1 aliphatic carbocycles. The maximum Gasteiger partial charge on any atom is 0.0399 e. The van der Waals surface area contributed by atoms with E-state index in [4.69, 9.17) is 23.2 Å². The summed E-state index contributed by atoms with van der Waals surface area (Å²) in [4.78, 5) is 6.82. The highest BCUT2D eigenvalue weighted by Crippen LogP contribution is 2.31. The van der Waals surface area contributed by atoms with Crippen molar-refractivity contribution in [2.24, 2.45) is 16.8 Å². The Morgan fingerprint density at radius 2 is 2.00 bits per heavy atom. The predicted octanol–water partition coefficient (Wildman–Crippen LogP) is 4.18. The normalized spacial score (nSPS) is 23.3. The first kappa shape index (κ1) is 16.8. The van der Waals surface area contributed by atoms with Gasteiger partial charge in [0, 0.05) is 55.6 Å². The quantitative estimate of drug-likeness (QED) is 0.644. The SMILES string of the molecule is CCC(C)C1CC(N(CCCl)CCCl)=CCC1=NC. The summed E-state index contributed by atoms with van der Waals surface area (Å²) in [5, 5.41) is 0. The van der Waals surface area contributed by atoms with Crippen molar-refractivity contribution in [1.29, 1.82) is 0 Å². The van der Waals surface area contributed by atoms with Gasteiger partial charge in [-0.25, -0.2) is 0 Å². The van der Waals surface area contributed by atoms with Gasteiger partial charge < -0.3 is 4.90 Å². The molecule has 0 bridgehead atoms. The van der Waals surface area contributed by atoms with Gasteiger partial charge in [0.25, 0.3) is 0 Å². The Morgan fingerprint density at radius 3 is 2.47 bits per heavy atom. The van der Waals surface area contributed by atoms with Crippen molar-refractivity contribution < 1.29 is 0 Å². The number of alkyl halides is 2. The lowest BCUT2D eigenvalue weighted by atomic mass is 9.79. The molecule has 0 amide bonds. The van der Waals surface area contributed by atoms with Crippen LogP contribution < -0.4 is 0 Å². The summed E-state index contributed by atoms with van der Waals surface area (Å²) in [5.74, 6) is 2.55. The molecule has 2 atom stereocenters. The van der Waals surface area contributed by atoms with Crippen LogP contribution in [0.5, 0.6) is 0 Å². The van der Waals surface area contributed by atoms with E-state index in [1.165, 1.54) is 17.8 Å². The van der Waals surface area contributed by atoms with E-state index in [0.717, 1.165) is 25.9 Å². The second-order valence-electron chi connectivity index (χ2n) is 5.18. The number of allylic oxidation sites excluding steroid dienone is 2. The minimum atomic E-state index is 0.572. The Kier molecular flexibility index (Phi) is 7.86. The Labute approximate surface area is 127 Å². The molecule has 19 heavy (non-hydrogen) atoms. The Hall–Kier alpha value is -0.210. The lowest BCUT2D eigenvalue weighted by Crippen LogP contribution is -2.34. The molecule has 0 aromatic heterocycles. The number of halogens is 2. The molecule has 1 rings (SSSR count). The molecule has 1 aliphatic rings. The minimum Gasteiger partial charge on any atom is -0.373 e. The number of hydrogen-bond acceptors (Lipinski definition) is 2. The zero-order valence-electron chi connectivity index (χ0n) is 12.3. The van der Waals surface area contributed by atoms with E-state index in [9.17, 15) is 0 Å². The first-order valence-electron chi connectivity index (χ1n) is 7.19. The predicted molar refractivity (Wildman–Crippen MR) is 86.6 cm³/mol. The van der Waals surface area contributed by atoms with Gasteiger partial charge in [0.2, 0.25) is 0 Å². The minimum absolute atomic E-state index is 0.572. The lowest BCUT2D eigenvalue weighted by molar-refractivity contribution is 0.329. The van der Waals surface area contributed by atoms with Crippen LogP contribution in [-0.2, 0) is 0 Å². The number of nitrogens with zero attached hydrogens (tertiary/aromatic N) is 2. The third-order valence-corrected chi connectivity index (χ3v) is 4.48. The standard InChI is InChI=1S/C15H26Cl2N2/c1-4-12(2)14-11-13(5-6-15(14)18-3)19(9-7-16)10-8-17/h5,12,14H,4,6-11H2,1-3H3. The highest BCUT2D eigenvalue weighted by molar-refractivity contribution is 6.18. The van der Waals surface area contributed by atoms with E-state index < -0.39 is 0 Å². The van der Waals surface area contributed by atoms with Crippen molar-refractivity contribution in [2.75, 3.05) is 31.9 Å². The molecule has 0 saturated heterocycles. The number of aliphatic imine (C=N–C) groups is 1. The van der Waals surface area contributed by atoms with Gasteiger partial charge in [0.05, 0.1) is 0 Å². The fourth-order valence-corrected chi connectivity index (χ4v) is 3.14. The van der Waals surface area contributed by atoms with Crippen LogP contribution in [-0.4, -0.2) is 42.5 Å². The number of rotatable bonds is 7. The maximum atomic E-state index is 5.90. The smallest absolute Gasteiger partial charge is 0.0399 e. The van der Waals surface area contributed by atoms with E-state index >= 15 is 0 Å². The molecule has 0 heterocycles. The third kappa shape index (κ3) is 4.68. The lowest BCUT2D eigenvalue weighted by Gasteiger charge is -2.35. The maximum absolute atomic E-state index is 5.90. The van der Waals surface area contributed by atoms with Crippen LogP contribution in [0.15, 0.2) is 16.8 Å². The molecular weight excluding hydrogens is 279 g/mol. The van der Waals surface area contributed by atoms with E-state index in [0.29, 0.717) is 23.6 Å². The molecule has 2 nitrogen and oxygen atoms in total. The molecule has 0 aliphatic heterocycles. The second kappa shape index (κ2) is 8.86. The summed E-state index contributed by atoms with van der Waals surface area (Å²) >= 11 is 11.8. The number of hydrogen-bond donors (Lipinski definition) is 0. The summed E-state index contributed by atoms with van der Waals surface area (Å²) in [6.45, 7) is 6.34. The zero-order chi connectivity index (χ0) is 14.3. The highest BCUT2D eigenvalue weighted by atomic mass is 35.5. The van der Waals surface area contributed by atoms with E-state index in [1.807, 2.05) is 7.05 Å². The topological polar surface area (TPSA) is 15.6 Å². The first-order valence-corrected chi connectivity index (χ1v) is 8.26. The van der Waals surface area contributed by atoms with Crippen LogP contribution in [0.3, 0.4) is 0 Å². The van der Waals surface area contributed by atoms with Crippen molar-refractivity contribution in [3.05, 3.63) is 11.8 Å². The Bertz CT molecular complexity index is 320. The summed E-state index contributed by atoms with van der Waals surface area (Å²) < 4.78 is 0. The summed E-state index contributed by atoms with van der Waals surface area (Å²) in [6, 6.07) is 0. The monoisotopic (exact) mass is 304 g/mol. The summed E-state index contributed by atoms with van der Waals surface area (Å²) in [6.07, 6.45) is 5.56. The first-order chi connectivity index (χ1) is 9.17. The molecule has 0 spiro atoms. The van der Waals surface area contributed by atoms with Crippen molar-refractivity contribution in [3.63, 3.8) is 0 Å². The molecule has 0 aromatic rings. The summed E-state index contributed by atoms with van der Waals surface area (Å²) in [5.41, 5.74) is 2.74. The Balaban J connectivity index is 2.83. The van der Waals surface area contributed by atoms with Gasteiger partial charge in [-0.2, -0.15) is 0 Å². The van der Waals surface area contributed by atoms with Gasteiger partial charge in [-0.1, -0.05) is 26.3 Å². The van der Waals surface area contributed by atoms with Crippen LogP contribution in [0.2, 0.25) is 0 Å². The fraction of sp³-hybridized carbons (Fsp3) is 0.800. The van der Waals surface area contributed by atoms with Crippen LogP contribution >= 0.6 is 23.2 Å². The molecule has 4 heteroatoms. The van der Waals surface area contributed by atoms with Crippen molar-refractivity contribution in [3.8, 4) is 0 Å². The van der Waals surface area contributed by atoms with Gasteiger partial charge in [-0.15, -0.1) is 23.2 Å². The molecule has 0 N–H and O–H groups in total. The van der Waals surface area contributed by atoms with Crippen LogP contribution in [0.25, 0.3) is 0 Å². The molecule has 0 aromatic carbocycles. The highest BCUT2D eigenvalue weighted by Gasteiger charge is 2.27. The molecule has 0 radical (unpaired) electrons. The zero-order valence-corrected chi connectivity index (χ0v) is 13.8. The molecular formula is C15H26Cl2N2. The van der Waals surface area contributed by atoms with E-state index in [1.54, 1.807) is 0 Å². The molecule has 0 saturated carbocycles. The summed E-state index contributed by atoms with van der Waals surface area (Å²) in [7, 11) is 1.92. The largest absolute Gasteiger partial charge is 0.373 e. The van der Waals surface area contributed by atoms with Gasteiger partial charge in [0.15, 0.2) is 0 Å². The van der Waals surface area contributed by atoms with E-state index in [2.05, 4.69) is 29.8 Å². The van der Waals surface area contributed by atoms with Crippen LogP contribution in [0.4, 0.5) is 0 Å². The van der Waals surface area contributed by atoms with Gasteiger partial charge in [-0.3, -0.25) is 4.99 Å². The van der Waals surface area contributed by atoms with Crippen molar-refractivity contribution >= 4 is 28.9 Å². The fourth-order valence-electron chi connectivity index (χ4n) is 2.73. The van der Waals surface area contributed by atoms with Crippen molar-refractivity contribution in [1.82, 2.24) is 4.90 Å². The average molecular weight is 305 g/mol. The van der Waals surface area contributed by atoms with Crippen LogP contribution in [0.1, 0.15) is 33.1 Å². The van der Waals surface area contributed by atoms with Gasteiger partial charge in [0.1, 0.15) is 0 Å². The van der Waals surface area contributed by atoms with Gasteiger partial charge >= 0.3 is 0 Å². The van der Waals surface area contributed by atoms with Crippen molar-refractivity contribution in [2.45, 2.75) is 33.1 Å². The van der Waals surface area contributed by atoms with Crippen LogP contribution in [0, 0.1) is 11.8 Å². The Morgan fingerprint density at radius 1 is 1.37 bits per heavy atom. The molecule has 110 valence electrons. The second-order valence-corrected chi connectivity index (χ2v) is 5.93. The average Bonchev–Trinajstić information content (AvgIpc) is 2.45. The van der Waals surface area contributed by atoms with Gasteiger partial charge in [-0.05, 0) is 12.3 Å². The molecule has 2 unspecified atom stereocenters.